The lowest BCUT2D eigenvalue weighted by molar-refractivity contribution is -0.139. The van der Waals surface area contributed by atoms with Crippen LogP contribution in [-0.2, 0) is 14.3 Å². The van der Waals surface area contributed by atoms with Crippen LogP contribution in [0.5, 0.6) is 5.75 Å². The maximum atomic E-state index is 12.7. The van der Waals surface area contributed by atoms with E-state index in [1.54, 1.807) is 50.2 Å². The van der Waals surface area contributed by atoms with Crippen LogP contribution in [0.15, 0.2) is 71.0 Å². The fourth-order valence-electron chi connectivity index (χ4n) is 4.70. The number of aryl methyl sites for hydroxylation is 1. The van der Waals surface area contributed by atoms with Crippen LogP contribution in [0.1, 0.15) is 52.8 Å². The number of carbonyl (C=O) groups excluding carboxylic acids is 2. The van der Waals surface area contributed by atoms with Crippen molar-refractivity contribution in [1.29, 1.82) is 0 Å². The van der Waals surface area contributed by atoms with Crippen molar-refractivity contribution in [2.45, 2.75) is 33.7 Å². The summed E-state index contributed by atoms with van der Waals surface area (Å²) in [6.07, 6.45) is 1.52. The Morgan fingerprint density at radius 3 is 2.62 bits per heavy atom. The van der Waals surface area contributed by atoms with E-state index >= 15 is 0 Å². The number of aromatic carboxylic acids is 1. The number of aromatic nitrogens is 1. The third kappa shape index (κ3) is 6.66. The van der Waals surface area contributed by atoms with Crippen molar-refractivity contribution < 1.29 is 29.0 Å². The van der Waals surface area contributed by atoms with Crippen molar-refractivity contribution in [1.82, 2.24) is 20.6 Å². The predicted molar refractivity (Wildman–Crippen MR) is 161 cm³/mol. The quantitative estimate of drug-likeness (QED) is 0.121. The molecule has 0 unspecified atom stereocenters. The lowest BCUT2D eigenvalue weighted by Gasteiger charge is -2.30. The first-order chi connectivity index (χ1) is 20.1. The molecular weight excluding hydrogens is 558 g/mol. The highest BCUT2D eigenvalue weighted by Crippen LogP contribution is 2.33. The Balaban J connectivity index is 1.45. The highest BCUT2D eigenvalue weighted by molar-refractivity contribution is 7.80. The second-order valence-corrected chi connectivity index (χ2v) is 9.84. The van der Waals surface area contributed by atoms with Crippen molar-refractivity contribution in [3.05, 3.63) is 93.9 Å². The van der Waals surface area contributed by atoms with Gasteiger partial charge in [0.15, 0.2) is 11.7 Å². The average Bonchev–Trinajstić information content (AvgIpc) is 3.24. The minimum absolute atomic E-state index is 0.186. The first kappa shape index (κ1) is 30.0. The molecule has 1 aliphatic heterocycles. The second kappa shape index (κ2) is 13.1. The van der Waals surface area contributed by atoms with Gasteiger partial charge >= 0.3 is 11.9 Å². The Hall–Kier alpha value is -4.97. The number of hydrazone groups is 1. The number of nitrogens with zero attached hydrogens (tertiary/aromatic N) is 2. The molecule has 2 aromatic carbocycles. The molecule has 0 radical (unpaired) electrons. The highest BCUT2D eigenvalue weighted by Gasteiger charge is 2.32. The topological polar surface area (TPSA) is 143 Å². The predicted octanol–water partition coefficient (Wildman–Crippen LogP) is 3.68. The number of carboxylic acid groups (broad SMARTS) is 1. The van der Waals surface area contributed by atoms with Crippen molar-refractivity contribution >= 4 is 41.4 Å². The number of hydrogen-bond donors (Lipinski definition) is 4. The summed E-state index contributed by atoms with van der Waals surface area (Å²) in [5.74, 6) is -1.59. The van der Waals surface area contributed by atoms with Crippen LogP contribution in [0, 0.1) is 13.8 Å². The van der Waals surface area contributed by atoms with Crippen LogP contribution in [0.3, 0.4) is 0 Å². The van der Waals surface area contributed by atoms with E-state index in [0.29, 0.717) is 33.4 Å². The number of carboxylic acids is 1. The average molecular weight is 590 g/mol. The van der Waals surface area contributed by atoms with E-state index < -0.39 is 23.9 Å². The summed E-state index contributed by atoms with van der Waals surface area (Å²) in [5.41, 5.74) is 7.36. The van der Waals surface area contributed by atoms with Crippen LogP contribution in [-0.4, -0.2) is 52.1 Å². The smallest absolute Gasteiger partial charge is 0.338 e. The molecule has 12 heteroatoms. The molecule has 0 spiro atoms. The number of para-hydroxylation sites is 1. The summed E-state index contributed by atoms with van der Waals surface area (Å²) in [4.78, 5) is 36.7. The van der Waals surface area contributed by atoms with Gasteiger partial charge < -0.3 is 29.8 Å². The zero-order valence-corrected chi connectivity index (χ0v) is 24.4. The van der Waals surface area contributed by atoms with E-state index in [4.69, 9.17) is 21.7 Å². The summed E-state index contributed by atoms with van der Waals surface area (Å²) < 4.78 is 13.0. The third-order valence-electron chi connectivity index (χ3n) is 6.57. The molecule has 1 aromatic heterocycles. The zero-order chi connectivity index (χ0) is 30.4. The minimum atomic E-state index is -1.00. The summed E-state index contributed by atoms with van der Waals surface area (Å²) in [6, 6.07) is 14.9. The van der Waals surface area contributed by atoms with Crippen LogP contribution in [0.2, 0.25) is 0 Å². The van der Waals surface area contributed by atoms with Gasteiger partial charge in [-0.05, 0) is 70.2 Å². The number of benzene rings is 2. The molecule has 0 bridgehead atoms. The second-order valence-electron chi connectivity index (χ2n) is 9.43. The Kier molecular flexibility index (Phi) is 9.38. The van der Waals surface area contributed by atoms with Gasteiger partial charge in [-0.3, -0.25) is 4.79 Å². The molecule has 4 N–H and O–H groups in total. The van der Waals surface area contributed by atoms with Crippen LogP contribution in [0.4, 0.5) is 0 Å². The molecule has 3 aromatic rings. The van der Waals surface area contributed by atoms with Gasteiger partial charge in [0.25, 0.3) is 5.91 Å². The Bertz CT molecular complexity index is 1610. The Morgan fingerprint density at radius 2 is 1.88 bits per heavy atom. The van der Waals surface area contributed by atoms with Crippen LogP contribution < -0.4 is 20.8 Å². The van der Waals surface area contributed by atoms with Gasteiger partial charge in [0.2, 0.25) is 0 Å². The van der Waals surface area contributed by atoms with Crippen molar-refractivity contribution in [3.8, 4) is 11.4 Å². The molecule has 0 aliphatic carbocycles. The number of amides is 1. The summed E-state index contributed by atoms with van der Waals surface area (Å²) in [5, 5.41) is 19.8. The molecule has 2 heterocycles. The van der Waals surface area contributed by atoms with Crippen molar-refractivity contribution in [2.24, 2.45) is 5.10 Å². The zero-order valence-electron chi connectivity index (χ0n) is 23.6. The van der Waals surface area contributed by atoms with Crippen LogP contribution >= 0.6 is 12.2 Å². The van der Waals surface area contributed by atoms with E-state index in [0.717, 1.165) is 17.0 Å². The van der Waals surface area contributed by atoms with E-state index in [2.05, 4.69) is 21.2 Å². The molecule has 0 fully saturated rings. The number of carbonyl (C=O) groups is 3. The monoisotopic (exact) mass is 589 g/mol. The normalized spacial score (nSPS) is 14.8. The molecule has 0 saturated heterocycles. The number of hydrogen-bond acceptors (Lipinski definition) is 7. The minimum Gasteiger partial charge on any atom is -0.483 e. The number of allylic oxidation sites excluding steroid dienone is 1. The lowest BCUT2D eigenvalue weighted by atomic mass is 9.95. The lowest BCUT2D eigenvalue weighted by Crippen LogP contribution is -2.45. The van der Waals surface area contributed by atoms with Crippen molar-refractivity contribution in [3.63, 3.8) is 0 Å². The van der Waals surface area contributed by atoms with Crippen molar-refractivity contribution in [2.75, 3.05) is 13.2 Å². The van der Waals surface area contributed by atoms with Gasteiger partial charge in [0.1, 0.15) is 5.75 Å². The molecule has 218 valence electrons. The molecule has 1 amide bonds. The van der Waals surface area contributed by atoms with E-state index in [-0.39, 0.29) is 18.8 Å². The Labute approximate surface area is 248 Å². The van der Waals surface area contributed by atoms with Gasteiger partial charge in [-0.25, -0.2) is 15.0 Å². The van der Waals surface area contributed by atoms with E-state index in [1.807, 2.05) is 30.5 Å². The number of rotatable bonds is 10. The molecular formula is C30H31N5O6S. The largest absolute Gasteiger partial charge is 0.483 e. The van der Waals surface area contributed by atoms with Gasteiger partial charge in [0, 0.05) is 33.9 Å². The van der Waals surface area contributed by atoms with Gasteiger partial charge in [0.05, 0.1) is 30.0 Å². The fourth-order valence-corrected chi connectivity index (χ4v) is 4.97. The number of nitrogens with one attached hydrogen (secondary N) is 3. The SMILES string of the molecule is CCOC(=O)C1=C(C)NC(=S)N[C@@H]1c1ccccc1OCC(=O)NN=Cc1cc(C)n(-c2cccc(C(=O)O)c2)c1C. The third-order valence-corrected chi connectivity index (χ3v) is 6.79. The molecule has 1 atom stereocenters. The van der Waals surface area contributed by atoms with Gasteiger partial charge in [-0.15, -0.1) is 0 Å². The van der Waals surface area contributed by atoms with E-state index in [9.17, 15) is 19.5 Å². The first-order valence-electron chi connectivity index (χ1n) is 13.1. The van der Waals surface area contributed by atoms with Crippen LogP contribution in [0.25, 0.3) is 5.69 Å². The molecule has 4 rings (SSSR count). The van der Waals surface area contributed by atoms with Gasteiger partial charge in [-0.2, -0.15) is 5.10 Å². The fraction of sp³-hybridized carbons (Fsp3) is 0.233. The maximum Gasteiger partial charge on any atom is 0.338 e. The summed E-state index contributed by atoms with van der Waals surface area (Å²) in [7, 11) is 0. The Morgan fingerprint density at radius 1 is 1.12 bits per heavy atom. The highest BCUT2D eigenvalue weighted by atomic mass is 32.1. The number of thiocarbonyl (C=S) groups is 1. The summed E-state index contributed by atoms with van der Waals surface area (Å²) in [6.45, 7) is 7.13. The molecule has 0 saturated carbocycles. The number of ether oxygens (including phenoxy) is 2. The summed E-state index contributed by atoms with van der Waals surface area (Å²) >= 11 is 5.31. The molecule has 11 nitrogen and oxygen atoms in total. The maximum absolute atomic E-state index is 12.7. The molecule has 1 aliphatic rings. The molecule has 42 heavy (non-hydrogen) atoms. The van der Waals surface area contributed by atoms with Gasteiger partial charge in [-0.1, -0.05) is 24.3 Å². The first-order valence-corrected chi connectivity index (χ1v) is 13.5. The number of esters is 1. The van der Waals surface area contributed by atoms with E-state index in [1.165, 1.54) is 12.3 Å². The standard InChI is InChI=1S/C30H31N5O6S/c1-5-40-29(39)26-18(3)32-30(42)33-27(26)23-11-6-7-12-24(23)41-16-25(36)34-31-15-21-13-17(2)35(19(21)4)22-10-8-9-20(14-22)28(37)38/h6-15,27H,5,16H2,1-4H3,(H,34,36)(H,37,38)(H2,32,33,42)/t27-/m1/s1.